The summed E-state index contributed by atoms with van der Waals surface area (Å²) >= 11 is 6.03. The van der Waals surface area contributed by atoms with Gasteiger partial charge in [0.15, 0.2) is 0 Å². The van der Waals surface area contributed by atoms with Crippen molar-refractivity contribution < 1.29 is 22.4 Å². The van der Waals surface area contributed by atoms with E-state index < -0.39 is 29.1 Å². The highest BCUT2D eigenvalue weighted by atomic mass is 35.5. The van der Waals surface area contributed by atoms with Gasteiger partial charge in [-0.15, -0.1) is 0 Å². The molecule has 0 radical (unpaired) electrons. The molecule has 4 nitrogen and oxygen atoms in total. The molecule has 1 aromatic heterocycles. The molecule has 4 rings (SSSR count). The van der Waals surface area contributed by atoms with E-state index in [0.29, 0.717) is 5.02 Å². The van der Waals surface area contributed by atoms with Gasteiger partial charge < -0.3 is 10.6 Å². The van der Waals surface area contributed by atoms with Crippen molar-refractivity contribution in [1.82, 2.24) is 10.3 Å². The smallest absolute Gasteiger partial charge is 0.322 e. The average Bonchev–Trinajstić information content (AvgIpc) is 2.84. The Morgan fingerprint density at radius 3 is 2.25 bits per heavy atom. The topological polar surface area (TPSA) is 54.0 Å². The first-order chi connectivity index (χ1) is 17.2. The van der Waals surface area contributed by atoms with E-state index in [1.807, 2.05) is 0 Å². The van der Waals surface area contributed by atoms with E-state index >= 15 is 0 Å². The Hall–Kier alpha value is -3.91. The van der Waals surface area contributed by atoms with Gasteiger partial charge in [-0.1, -0.05) is 60.1 Å². The second-order valence-electron chi connectivity index (χ2n) is 8.10. The molecular weight excluding hydrogens is 494 g/mol. The minimum absolute atomic E-state index is 0.0698. The highest BCUT2D eigenvalue weighted by Crippen LogP contribution is 2.37. The van der Waals surface area contributed by atoms with E-state index in [2.05, 4.69) is 15.6 Å². The standard InChI is InChI=1S/C27H20ClF4N3O/c28-21-12-13-24(33-17-21)26(16-18-6-2-1-3-7-18,19-8-4-9-20(14-19)27(30,31)32)35-25(36)34-23-11-5-10-22(29)15-23/h1-15,17H,16H2,(H2,34,35,36)/t26-/m1/s1. The summed E-state index contributed by atoms with van der Waals surface area (Å²) in [4.78, 5) is 17.6. The fraction of sp³-hybridized carbons (Fsp3) is 0.111. The van der Waals surface area contributed by atoms with Crippen LogP contribution in [0.2, 0.25) is 5.02 Å². The van der Waals surface area contributed by atoms with E-state index in [4.69, 9.17) is 11.6 Å². The number of pyridine rings is 1. The number of anilines is 1. The summed E-state index contributed by atoms with van der Waals surface area (Å²) in [6, 6.07) is 21.3. The summed E-state index contributed by atoms with van der Waals surface area (Å²) in [5.41, 5.74) is -1.08. The van der Waals surface area contributed by atoms with Crippen LogP contribution in [0, 0.1) is 5.82 Å². The molecule has 0 unspecified atom stereocenters. The van der Waals surface area contributed by atoms with E-state index in [9.17, 15) is 22.4 Å². The van der Waals surface area contributed by atoms with Crippen molar-refractivity contribution in [2.75, 3.05) is 5.32 Å². The molecular formula is C27H20ClF4N3O. The Bertz CT molecular complexity index is 1350. The van der Waals surface area contributed by atoms with Crippen LogP contribution in [0.3, 0.4) is 0 Å². The number of rotatable bonds is 6. The normalized spacial score (nSPS) is 13.0. The maximum absolute atomic E-state index is 13.7. The third-order valence-electron chi connectivity index (χ3n) is 5.57. The number of urea groups is 1. The molecule has 1 heterocycles. The highest BCUT2D eigenvalue weighted by Gasteiger charge is 2.40. The number of benzene rings is 3. The van der Waals surface area contributed by atoms with Crippen molar-refractivity contribution in [3.8, 4) is 0 Å². The lowest BCUT2D eigenvalue weighted by Gasteiger charge is -2.36. The van der Waals surface area contributed by atoms with Gasteiger partial charge in [0, 0.05) is 18.3 Å². The molecule has 2 N–H and O–H groups in total. The lowest BCUT2D eigenvalue weighted by Crippen LogP contribution is -2.50. The van der Waals surface area contributed by atoms with Gasteiger partial charge in [0.2, 0.25) is 0 Å². The SMILES string of the molecule is O=C(Nc1cccc(F)c1)N[C@](Cc1ccccc1)(c1cccc(C(F)(F)F)c1)c1ccc(Cl)cn1. The van der Waals surface area contributed by atoms with E-state index in [1.165, 1.54) is 36.5 Å². The van der Waals surface area contributed by atoms with Crippen molar-refractivity contribution >= 4 is 23.3 Å². The van der Waals surface area contributed by atoms with Gasteiger partial charge in [0.05, 0.1) is 16.3 Å². The van der Waals surface area contributed by atoms with E-state index in [1.54, 1.807) is 42.5 Å². The largest absolute Gasteiger partial charge is 0.416 e. The van der Waals surface area contributed by atoms with Crippen LogP contribution >= 0.6 is 11.6 Å². The van der Waals surface area contributed by atoms with Crippen molar-refractivity contribution in [1.29, 1.82) is 0 Å². The number of hydrogen-bond acceptors (Lipinski definition) is 2. The maximum atomic E-state index is 13.7. The van der Waals surface area contributed by atoms with Gasteiger partial charge in [0.1, 0.15) is 11.4 Å². The Morgan fingerprint density at radius 1 is 0.861 bits per heavy atom. The number of alkyl halides is 3. The molecule has 0 aliphatic rings. The van der Waals surface area contributed by atoms with Gasteiger partial charge in [-0.3, -0.25) is 4.98 Å². The minimum Gasteiger partial charge on any atom is -0.322 e. The number of halogens is 5. The lowest BCUT2D eigenvalue weighted by molar-refractivity contribution is -0.137. The molecule has 0 spiro atoms. The molecule has 3 aromatic carbocycles. The summed E-state index contributed by atoms with van der Waals surface area (Å²) in [5.74, 6) is -0.555. The van der Waals surface area contributed by atoms with Crippen molar-refractivity contribution in [2.24, 2.45) is 0 Å². The molecule has 184 valence electrons. The monoisotopic (exact) mass is 513 g/mol. The fourth-order valence-corrected chi connectivity index (χ4v) is 4.05. The minimum atomic E-state index is -4.61. The number of amides is 2. The van der Waals surface area contributed by atoms with Crippen molar-refractivity contribution in [2.45, 2.75) is 18.1 Å². The number of carbonyl (C=O) groups excluding carboxylic acids is 1. The van der Waals surface area contributed by atoms with Gasteiger partial charge in [-0.25, -0.2) is 9.18 Å². The molecule has 0 bridgehead atoms. The molecule has 0 saturated carbocycles. The number of aromatic nitrogens is 1. The van der Waals surface area contributed by atoms with Crippen LogP contribution < -0.4 is 10.6 Å². The molecule has 0 aliphatic heterocycles. The predicted octanol–water partition coefficient (Wildman–Crippen LogP) is 7.20. The van der Waals surface area contributed by atoms with Crippen molar-refractivity contribution in [3.63, 3.8) is 0 Å². The van der Waals surface area contributed by atoms with Crippen LogP contribution in [0.15, 0.2) is 97.2 Å². The van der Waals surface area contributed by atoms with E-state index in [0.717, 1.165) is 23.8 Å². The molecule has 1 atom stereocenters. The van der Waals surface area contributed by atoms with E-state index in [-0.39, 0.29) is 23.4 Å². The van der Waals surface area contributed by atoms with Crippen LogP contribution in [-0.4, -0.2) is 11.0 Å². The quantitative estimate of drug-likeness (QED) is 0.268. The zero-order valence-corrected chi connectivity index (χ0v) is 19.4. The summed E-state index contributed by atoms with van der Waals surface area (Å²) in [7, 11) is 0. The Kier molecular flexibility index (Phi) is 7.26. The second kappa shape index (κ2) is 10.4. The summed E-state index contributed by atoms with van der Waals surface area (Å²) in [6.07, 6.45) is -3.18. The first kappa shape index (κ1) is 25.2. The van der Waals surface area contributed by atoms with Crippen LogP contribution in [0.25, 0.3) is 0 Å². The third-order valence-corrected chi connectivity index (χ3v) is 5.79. The zero-order chi connectivity index (χ0) is 25.8. The number of nitrogens with zero attached hydrogens (tertiary/aromatic N) is 1. The Balaban J connectivity index is 1.87. The molecule has 4 aromatic rings. The third kappa shape index (κ3) is 5.83. The van der Waals surface area contributed by atoms with Gasteiger partial charge >= 0.3 is 12.2 Å². The predicted molar refractivity (Wildman–Crippen MR) is 130 cm³/mol. The maximum Gasteiger partial charge on any atom is 0.416 e. The molecule has 9 heteroatoms. The lowest BCUT2D eigenvalue weighted by atomic mass is 9.80. The zero-order valence-electron chi connectivity index (χ0n) is 18.7. The van der Waals surface area contributed by atoms with Crippen molar-refractivity contribution in [3.05, 3.63) is 130 Å². The molecule has 36 heavy (non-hydrogen) atoms. The first-order valence-electron chi connectivity index (χ1n) is 10.8. The Morgan fingerprint density at radius 2 is 1.58 bits per heavy atom. The summed E-state index contributed by atoms with van der Waals surface area (Å²) in [6.45, 7) is 0. The first-order valence-corrected chi connectivity index (χ1v) is 11.2. The fourth-order valence-electron chi connectivity index (χ4n) is 3.93. The van der Waals surface area contributed by atoms with Crippen LogP contribution in [-0.2, 0) is 18.1 Å². The number of nitrogens with one attached hydrogen (secondary N) is 2. The number of hydrogen-bond donors (Lipinski definition) is 2. The second-order valence-corrected chi connectivity index (χ2v) is 8.53. The number of carbonyl (C=O) groups is 1. The molecule has 0 fully saturated rings. The average molecular weight is 514 g/mol. The molecule has 2 amide bonds. The summed E-state index contributed by atoms with van der Waals surface area (Å²) < 4.78 is 54.6. The highest BCUT2D eigenvalue weighted by molar-refractivity contribution is 6.30. The van der Waals surface area contributed by atoms with Gasteiger partial charge in [0.25, 0.3) is 0 Å². The van der Waals surface area contributed by atoms with Crippen LogP contribution in [0.1, 0.15) is 22.4 Å². The molecule has 0 aliphatic carbocycles. The van der Waals surface area contributed by atoms with Crippen LogP contribution in [0.5, 0.6) is 0 Å². The van der Waals surface area contributed by atoms with Crippen LogP contribution in [0.4, 0.5) is 28.0 Å². The van der Waals surface area contributed by atoms with Gasteiger partial charge in [-0.05, 0) is 53.6 Å². The summed E-state index contributed by atoms with van der Waals surface area (Å²) in [5, 5.41) is 5.71. The van der Waals surface area contributed by atoms with Gasteiger partial charge in [-0.2, -0.15) is 13.2 Å². The Labute approximate surface area is 210 Å². The molecule has 0 saturated heterocycles.